The second-order valence-electron chi connectivity index (χ2n) is 6.09. The molecule has 2 N–H and O–H groups in total. The van der Waals surface area contributed by atoms with Gasteiger partial charge in [-0.1, -0.05) is 46.4 Å². The van der Waals surface area contributed by atoms with E-state index in [9.17, 15) is 5.11 Å². The summed E-state index contributed by atoms with van der Waals surface area (Å²) in [5, 5.41) is 13.0. The molecule has 0 spiro atoms. The third-order valence-electron chi connectivity index (χ3n) is 3.68. The first-order valence-corrected chi connectivity index (χ1v) is 6.95. The molecule has 0 aliphatic rings. The van der Waals surface area contributed by atoms with E-state index in [1.54, 1.807) is 0 Å². The van der Waals surface area contributed by atoms with Gasteiger partial charge in [-0.15, -0.1) is 0 Å². The highest BCUT2D eigenvalue weighted by Gasteiger charge is 2.19. The molecule has 0 heterocycles. The molecule has 1 unspecified atom stereocenters. The summed E-state index contributed by atoms with van der Waals surface area (Å²) in [5.74, 6) is 1.15. The van der Waals surface area contributed by atoms with Crippen molar-refractivity contribution in [2.75, 3.05) is 0 Å². The highest BCUT2D eigenvalue weighted by atomic mass is 16.3. The van der Waals surface area contributed by atoms with Crippen molar-refractivity contribution in [3.8, 4) is 0 Å². The highest BCUT2D eigenvalue weighted by Crippen LogP contribution is 2.21. The Hall–Kier alpha value is -0.760. The lowest BCUT2D eigenvalue weighted by Gasteiger charge is -2.29. The van der Waals surface area contributed by atoms with E-state index in [0.717, 1.165) is 17.7 Å². The maximum atomic E-state index is 9.55. The Morgan fingerprint density at radius 3 is 1.94 bits per heavy atom. The lowest BCUT2D eigenvalue weighted by atomic mass is 9.90. The fourth-order valence-corrected chi connectivity index (χ4v) is 2.10. The number of allylic oxidation sites excluding steroid dienone is 1. The fourth-order valence-electron chi connectivity index (χ4n) is 2.10. The molecule has 0 aliphatic carbocycles. The molecule has 0 rings (SSSR count). The Morgan fingerprint density at radius 1 is 1.11 bits per heavy atom. The number of aliphatic hydroxyl groups excluding tert-OH is 1. The normalized spacial score (nSPS) is 18.0. The van der Waals surface area contributed by atoms with Gasteiger partial charge < -0.3 is 10.4 Å². The molecule has 0 bridgehead atoms. The van der Waals surface area contributed by atoms with E-state index < -0.39 is 0 Å². The average Bonchev–Trinajstić information content (AvgIpc) is 2.23. The lowest BCUT2D eigenvalue weighted by molar-refractivity contribution is 0.123. The molecule has 0 fully saturated rings. The molecule has 4 atom stereocenters. The zero-order valence-corrected chi connectivity index (χ0v) is 13.0. The Kier molecular flexibility index (Phi) is 7.30. The predicted octanol–water partition coefficient (Wildman–Crippen LogP) is 3.73. The van der Waals surface area contributed by atoms with E-state index in [1.807, 2.05) is 13.8 Å². The van der Waals surface area contributed by atoms with Gasteiger partial charge in [-0.3, -0.25) is 0 Å². The van der Waals surface area contributed by atoms with Crippen molar-refractivity contribution in [1.29, 1.82) is 0 Å². The zero-order chi connectivity index (χ0) is 14.5. The Bertz CT molecular complexity index is 281. The molecule has 2 heteroatoms. The lowest BCUT2D eigenvalue weighted by Crippen LogP contribution is -2.36. The van der Waals surface area contributed by atoms with Gasteiger partial charge in [0, 0.05) is 11.7 Å². The molecule has 0 amide bonds. The van der Waals surface area contributed by atoms with E-state index in [2.05, 4.69) is 46.2 Å². The van der Waals surface area contributed by atoms with Crippen LogP contribution in [0.15, 0.2) is 24.4 Å². The highest BCUT2D eigenvalue weighted by molar-refractivity contribution is 5.10. The van der Waals surface area contributed by atoms with Crippen molar-refractivity contribution in [3.05, 3.63) is 24.4 Å². The van der Waals surface area contributed by atoms with Crippen LogP contribution in [0.5, 0.6) is 0 Å². The molecule has 2 nitrogen and oxygen atoms in total. The third kappa shape index (κ3) is 5.72. The van der Waals surface area contributed by atoms with E-state index in [4.69, 9.17) is 0 Å². The summed E-state index contributed by atoms with van der Waals surface area (Å²) >= 11 is 0. The Balaban J connectivity index is 4.42. The third-order valence-corrected chi connectivity index (χ3v) is 3.68. The smallest absolute Gasteiger partial charge is 0.0537 e. The summed E-state index contributed by atoms with van der Waals surface area (Å²) in [4.78, 5) is 0. The number of nitrogens with one attached hydrogen (secondary N) is 1. The predicted molar refractivity (Wildman–Crippen MR) is 80.3 cm³/mol. The van der Waals surface area contributed by atoms with Crippen LogP contribution in [0.1, 0.15) is 48.0 Å². The molecule has 0 aliphatic heterocycles. The Morgan fingerprint density at radius 2 is 1.61 bits per heavy atom. The quantitative estimate of drug-likeness (QED) is 0.646. The number of hydrogen-bond acceptors (Lipinski definition) is 2. The summed E-state index contributed by atoms with van der Waals surface area (Å²) in [7, 11) is 0. The molecule has 0 aromatic rings. The minimum Gasteiger partial charge on any atom is -0.393 e. The maximum Gasteiger partial charge on any atom is 0.0537 e. The van der Waals surface area contributed by atoms with E-state index in [1.165, 1.54) is 0 Å². The van der Waals surface area contributed by atoms with Crippen molar-refractivity contribution in [3.63, 3.8) is 0 Å². The molecule has 0 aromatic heterocycles. The summed E-state index contributed by atoms with van der Waals surface area (Å²) in [6.07, 6.45) is 0.687. The summed E-state index contributed by atoms with van der Waals surface area (Å²) < 4.78 is 0. The molecule has 0 saturated heterocycles. The monoisotopic (exact) mass is 253 g/mol. The van der Waals surface area contributed by atoms with Gasteiger partial charge in [0.25, 0.3) is 0 Å². The first-order valence-electron chi connectivity index (χ1n) is 6.95. The maximum absolute atomic E-state index is 9.55. The number of hydrogen-bond donors (Lipinski definition) is 2. The van der Waals surface area contributed by atoms with Crippen molar-refractivity contribution < 1.29 is 5.11 Å². The molecular formula is C16H31NO. The fraction of sp³-hybridized carbons (Fsp3) is 0.750. The summed E-state index contributed by atoms with van der Waals surface area (Å²) in [5.41, 5.74) is 2.19. The molecule has 18 heavy (non-hydrogen) atoms. The standard InChI is InChI=1S/C16H31NO/c1-10(2)16(11(3)4)17-14(7)12(5)9-13(6)15(8)18/h11-13,15-18H,1,7,9H2,2-6,8H3/t12?,13-,15+,16-/m0/s1. The van der Waals surface area contributed by atoms with Crippen molar-refractivity contribution in [1.82, 2.24) is 5.32 Å². The Labute approximate surface area is 113 Å². The summed E-state index contributed by atoms with van der Waals surface area (Å²) in [6, 6.07) is 0.279. The second-order valence-corrected chi connectivity index (χ2v) is 6.09. The van der Waals surface area contributed by atoms with Gasteiger partial charge in [0.2, 0.25) is 0 Å². The van der Waals surface area contributed by atoms with Gasteiger partial charge in [-0.25, -0.2) is 0 Å². The largest absolute Gasteiger partial charge is 0.393 e. The van der Waals surface area contributed by atoms with E-state index in [-0.39, 0.29) is 12.1 Å². The van der Waals surface area contributed by atoms with Gasteiger partial charge in [-0.05, 0) is 38.0 Å². The zero-order valence-electron chi connectivity index (χ0n) is 13.0. The van der Waals surface area contributed by atoms with Crippen molar-refractivity contribution in [2.45, 2.75) is 60.1 Å². The number of rotatable bonds is 8. The van der Waals surface area contributed by atoms with Crippen LogP contribution in [-0.4, -0.2) is 17.3 Å². The molecule has 0 radical (unpaired) electrons. The van der Waals surface area contributed by atoms with E-state index in [0.29, 0.717) is 17.8 Å². The molecule has 106 valence electrons. The topological polar surface area (TPSA) is 32.3 Å². The first-order chi connectivity index (χ1) is 8.16. The van der Waals surface area contributed by atoms with Crippen molar-refractivity contribution in [2.24, 2.45) is 17.8 Å². The van der Waals surface area contributed by atoms with Crippen LogP contribution in [0.3, 0.4) is 0 Å². The number of aliphatic hydroxyl groups is 1. The SMILES string of the molecule is C=C(N[C@@H](C(=C)C)C(C)C)C(C)C[C@H](C)[C@@H](C)O. The minimum absolute atomic E-state index is 0.262. The second kappa shape index (κ2) is 7.63. The van der Waals surface area contributed by atoms with Gasteiger partial charge in [0.15, 0.2) is 0 Å². The molecule has 0 saturated carbocycles. The van der Waals surface area contributed by atoms with E-state index >= 15 is 0 Å². The van der Waals surface area contributed by atoms with Crippen LogP contribution >= 0.6 is 0 Å². The first kappa shape index (κ1) is 17.2. The van der Waals surface area contributed by atoms with Crippen LogP contribution in [0.25, 0.3) is 0 Å². The molecular weight excluding hydrogens is 222 g/mol. The van der Waals surface area contributed by atoms with Gasteiger partial charge in [0.05, 0.1) is 6.10 Å². The summed E-state index contributed by atoms with van der Waals surface area (Å²) in [6.45, 7) is 20.7. The molecule has 0 aromatic carbocycles. The minimum atomic E-state index is -0.262. The van der Waals surface area contributed by atoms with Gasteiger partial charge >= 0.3 is 0 Å². The van der Waals surface area contributed by atoms with Crippen molar-refractivity contribution >= 4 is 0 Å². The van der Waals surface area contributed by atoms with Crippen LogP contribution in [0, 0.1) is 17.8 Å². The van der Waals surface area contributed by atoms with Gasteiger partial charge in [-0.2, -0.15) is 0 Å². The van der Waals surface area contributed by atoms with Crippen LogP contribution < -0.4 is 5.32 Å². The van der Waals surface area contributed by atoms with Crippen LogP contribution in [-0.2, 0) is 0 Å². The van der Waals surface area contributed by atoms with Gasteiger partial charge in [0.1, 0.15) is 0 Å². The van der Waals surface area contributed by atoms with Crippen LogP contribution in [0.4, 0.5) is 0 Å². The average molecular weight is 253 g/mol. The van der Waals surface area contributed by atoms with Crippen LogP contribution in [0.2, 0.25) is 0 Å².